The Balaban J connectivity index is 1.44. The number of pyridine rings is 1. The molecule has 2 saturated heterocycles. The highest BCUT2D eigenvalue weighted by atomic mass is 19.1. The molecule has 210 valence electrons. The number of aromatic nitrogens is 3. The largest absolute Gasteiger partial charge is 0.508 e. The van der Waals surface area contributed by atoms with Crippen LogP contribution in [0.25, 0.3) is 32.9 Å². The highest BCUT2D eigenvalue weighted by Crippen LogP contribution is 2.42. The Morgan fingerprint density at radius 3 is 2.66 bits per heavy atom. The van der Waals surface area contributed by atoms with E-state index in [1.54, 1.807) is 0 Å². The first-order chi connectivity index (χ1) is 19.8. The highest BCUT2D eigenvalue weighted by molar-refractivity contribution is 6.03. The summed E-state index contributed by atoms with van der Waals surface area (Å²) >= 11 is 0. The number of rotatable bonds is 4. The van der Waals surface area contributed by atoms with Gasteiger partial charge in [0.15, 0.2) is 5.82 Å². The van der Waals surface area contributed by atoms with Crippen LogP contribution in [0.5, 0.6) is 11.8 Å². The van der Waals surface area contributed by atoms with Crippen molar-refractivity contribution in [2.45, 2.75) is 57.0 Å². The van der Waals surface area contributed by atoms with Gasteiger partial charge in [-0.15, -0.1) is 6.42 Å². The predicted octanol–water partition coefficient (Wildman–Crippen LogP) is 5.59. The first-order valence-electron chi connectivity index (χ1n) is 14.2. The molecule has 3 aliphatic rings. The SMILES string of the molecule is C#Cc1c(F)ccc2cc(O)cc(-c3nc4c5c(nc(OCC67CCCN6CCC7)nc5c3F)N(C)C(C)CC4)c12. The van der Waals surface area contributed by atoms with Crippen molar-refractivity contribution in [2.24, 2.45) is 0 Å². The Kier molecular flexibility index (Phi) is 6.02. The normalized spacial score (nSPS) is 19.9. The number of aryl methyl sites for hydroxylation is 1. The van der Waals surface area contributed by atoms with Crippen LogP contribution in [0.1, 0.15) is 50.3 Å². The molecule has 1 N–H and O–H groups in total. The quantitative estimate of drug-likeness (QED) is 0.329. The van der Waals surface area contributed by atoms with Crippen LogP contribution in [0.3, 0.4) is 0 Å². The Morgan fingerprint density at radius 2 is 1.90 bits per heavy atom. The zero-order valence-electron chi connectivity index (χ0n) is 23.2. The van der Waals surface area contributed by atoms with Crippen LogP contribution in [-0.2, 0) is 6.42 Å². The lowest BCUT2D eigenvalue weighted by molar-refractivity contribution is 0.108. The molecule has 2 aromatic carbocycles. The molecule has 0 radical (unpaired) electrons. The fourth-order valence-corrected chi connectivity index (χ4v) is 7.05. The van der Waals surface area contributed by atoms with Crippen LogP contribution in [0.15, 0.2) is 24.3 Å². The summed E-state index contributed by atoms with van der Waals surface area (Å²) < 4.78 is 37.8. The minimum absolute atomic E-state index is 0.0117. The van der Waals surface area contributed by atoms with Crippen molar-refractivity contribution in [1.29, 1.82) is 0 Å². The van der Waals surface area contributed by atoms with E-state index < -0.39 is 11.6 Å². The van der Waals surface area contributed by atoms with Crippen molar-refractivity contribution in [3.8, 4) is 35.4 Å². The lowest BCUT2D eigenvalue weighted by atomic mass is 9.95. The van der Waals surface area contributed by atoms with Crippen LogP contribution in [0.2, 0.25) is 0 Å². The van der Waals surface area contributed by atoms with Crippen molar-refractivity contribution in [3.63, 3.8) is 0 Å². The summed E-state index contributed by atoms with van der Waals surface area (Å²) in [7, 11) is 1.94. The number of hydrogen-bond acceptors (Lipinski definition) is 7. The molecule has 2 fully saturated rings. The summed E-state index contributed by atoms with van der Waals surface area (Å²) in [6.07, 6.45) is 11.4. The van der Waals surface area contributed by atoms with Gasteiger partial charge >= 0.3 is 6.01 Å². The van der Waals surface area contributed by atoms with Gasteiger partial charge in [-0.3, -0.25) is 4.90 Å². The van der Waals surface area contributed by atoms with E-state index in [1.807, 2.05) is 11.9 Å². The third-order valence-electron chi connectivity index (χ3n) is 9.35. The van der Waals surface area contributed by atoms with E-state index in [2.05, 4.69) is 22.7 Å². The number of nitrogens with zero attached hydrogens (tertiary/aromatic N) is 5. The maximum absolute atomic E-state index is 16.7. The number of fused-ring (bicyclic) bond motifs is 2. The van der Waals surface area contributed by atoms with E-state index >= 15 is 4.39 Å². The van der Waals surface area contributed by atoms with Gasteiger partial charge in [-0.25, -0.2) is 13.8 Å². The van der Waals surface area contributed by atoms with Gasteiger partial charge in [0, 0.05) is 24.0 Å². The zero-order chi connectivity index (χ0) is 28.5. The predicted molar refractivity (Wildman–Crippen MR) is 154 cm³/mol. The second-order valence-electron chi connectivity index (χ2n) is 11.6. The summed E-state index contributed by atoms with van der Waals surface area (Å²) in [5.41, 5.74) is 0.869. The van der Waals surface area contributed by atoms with Crippen LogP contribution in [0, 0.1) is 24.0 Å². The van der Waals surface area contributed by atoms with E-state index in [0.717, 1.165) is 45.2 Å². The van der Waals surface area contributed by atoms with Crippen molar-refractivity contribution >= 4 is 27.5 Å². The molecule has 0 aliphatic carbocycles. The highest BCUT2D eigenvalue weighted by Gasteiger charge is 2.45. The first kappa shape index (κ1) is 25.9. The lowest BCUT2D eigenvalue weighted by Gasteiger charge is -2.31. The van der Waals surface area contributed by atoms with Crippen LogP contribution < -0.4 is 9.64 Å². The van der Waals surface area contributed by atoms with Crippen molar-refractivity contribution in [3.05, 3.63) is 47.2 Å². The molecule has 41 heavy (non-hydrogen) atoms. The van der Waals surface area contributed by atoms with E-state index in [1.165, 1.54) is 24.3 Å². The molecule has 1 atom stereocenters. The van der Waals surface area contributed by atoms with Crippen LogP contribution in [-0.4, -0.2) is 63.3 Å². The molecule has 3 aliphatic heterocycles. The molecule has 4 aromatic rings. The number of hydrogen-bond donors (Lipinski definition) is 1. The van der Waals surface area contributed by atoms with Crippen LogP contribution >= 0.6 is 0 Å². The molecule has 7 nitrogen and oxygen atoms in total. The molecule has 0 amide bonds. The Labute approximate surface area is 237 Å². The molecule has 2 aromatic heterocycles. The van der Waals surface area contributed by atoms with Crippen molar-refractivity contribution < 1.29 is 18.6 Å². The fraction of sp³-hybridized carbons (Fsp3) is 0.406. The Morgan fingerprint density at radius 1 is 1.12 bits per heavy atom. The average molecular weight is 556 g/mol. The molecule has 1 unspecified atom stereocenters. The number of phenolic OH excluding ortho intramolecular Hbond substituents is 1. The van der Waals surface area contributed by atoms with E-state index in [0.29, 0.717) is 40.7 Å². The van der Waals surface area contributed by atoms with Gasteiger partial charge in [0.05, 0.1) is 22.2 Å². The molecule has 9 heteroatoms. The molecule has 0 saturated carbocycles. The average Bonchev–Trinajstić information content (AvgIpc) is 3.52. The summed E-state index contributed by atoms with van der Waals surface area (Å²) in [5.74, 6) is 1.58. The minimum Gasteiger partial charge on any atom is -0.508 e. The standard InChI is InChI=1S/C32H31F2N5O2/c1-4-21-23(33)9-8-19-15-20(40)16-22(25(19)21)28-27(34)29-26-24(35-28)10-7-18(2)38(3)30(26)37-31(36-29)41-17-32-11-5-13-39(32)14-6-12-32/h1,8-9,15-16,18,40H,5-7,10-14,17H2,2-3H3. The number of benzene rings is 2. The lowest BCUT2D eigenvalue weighted by Crippen LogP contribution is -2.43. The monoisotopic (exact) mass is 555 g/mol. The summed E-state index contributed by atoms with van der Waals surface area (Å²) in [6.45, 7) is 4.68. The van der Waals surface area contributed by atoms with E-state index in [-0.39, 0.29) is 45.7 Å². The number of anilines is 1. The fourth-order valence-electron chi connectivity index (χ4n) is 7.05. The minimum atomic E-state index is -0.694. The van der Waals surface area contributed by atoms with Gasteiger partial charge in [0.1, 0.15) is 35.2 Å². The summed E-state index contributed by atoms with van der Waals surface area (Å²) in [5, 5.41) is 11.9. The summed E-state index contributed by atoms with van der Waals surface area (Å²) in [6, 6.07) is 5.86. The summed E-state index contributed by atoms with van der Waals surface area (Å²) in [4.78, 5) is 18.7. The number of halogens is 2. The number of phenols is 1. The maximum atomic E-state index is 16.7. The van der Waals surface area contributed by atoms with Gasteiger partial charge in [-0.2, -0.15) is 9.97 Å². The zero-order valence-corrected chi connectivity index (χ0v) is 23.2. The molecule has 0 bridgehead atoms. The van der Waals surface area contributed by atoms with Gasteiger partial charge in [0.25, 0.3) is 0 Å². The Bertz CT molecular complexity index is 1760. The van der Waals surface area contributed by atoms with Gasteiger partial charge < -0.3 is 14.7 Å². The van der Waals surface area contributed by atoms with Crippen LogP contribution in [0.4, 0.5) is 14.6 Å². The smallest absolute Gasteiger partial charge is 0.319 e. The second kappa shape index (κ2) is 9.52. The van der Waals surface area contributed by atoms with Gasteiger partial charge in [-0.1, -0.05) is 12.0 Å². The van der Waals surface area contributed by atoms with Gasteiger partial charge in [-0.05, 0) is 82.1 Å². The third kappa shape index (κ3) is 3.99. The molecular formula is C32H31F2N5O2. The van der Waals surface area contributed by atoms with E-state index in [9.17, 15) is 9.50 Å². The van der Waals surface area contributed by atoms with E-state index in [4.69, 9.17) is 21.1 Å². The van der Waals surface area contributed by atoms with Crippen molar-refractivity contribution in [2.75, 3.05) is 31.6 Å². The van der Waals surface area contributed by atoms with Crippen molar-refractivity contribution in [1.82, 2.24) is 19.9 Å². The molecule has 0 spiro atoms. The number of aromatic hydroxyl groups is 1. The first-order valence-corrected chi connectivity index (χ1v) is 14.2. The second-order valence-corrected chi connectivity index (χ2v) is 11.6. The number of terminal acetylenes is 1. The van der Waals surface area contributed by atoms with Gasteiger partial charge in [0.2, 0.25) is 0 Å². The third-order valence-corrected chi connectivity index (χ3v) is 9.35. The molecule has 7 rings (SSSR count). The molecule has 5 heterocycles. The Hall–Kier alpha value is -4.03. The number of ether oxygens (including phenoxy) is 1. The topological polar surface area (TPSA) is 74.6 Å². The molecular weight excluding hydrogens is 524 g/mol. The maximum Gasteiger partial charge on any atom is 0.319 e.